The molecule has 0 bridgehead atoms. The molecule has 2 aromatic carbocycles. The van der Waals surface area contributed by atoms with E-state index in [9.17, 15) is 22.7 Å². The molecule has 2 fully saturated rings. The molecule has 2 aliphatic rings. The van der Waals surface area contributed by atoms with Crippen LogP contribution in [0.25, 0.3) is 10.9 Å². The predicted octanol–water partition coefficient (Wildman–Crippen LogP) is 5.13. The molecular weight excluding hydrogens is 442 g/mol. The molecule has 2 saturated heterocycles. The first-order valence-corrected chi connectivity index (χ1v) is 10.5. The standard InChI is InChI=1S/C23H21F4N3O3/c24-14-1-3-19-16(11-14)17(21(31)29-19)13-28-15-2-4-20(18(12-15)23(25,26)27)30-7-5-22(6-8-30)32-9-10-33-22/h1-4,11-13,29,31H,5-10H2. The average molecular weight is 463 g/mol. The summed E-state index contributed by atoms with van der Waals surface area (Å²) in [7, 11) is 0. The average Bonchev–Trinajstić information content (AvgIpc) is 3.36. The number of aromatic amines is 1. The van der Waals surface area contributed by atoms with Gasteiger partial charge in [-0.2, -0.15) is 13.2 Å². The number of alkyl halides is 3. The minimum atomic E-state index is -4.58. The molecule has 10 heteroatoms. The number of hydrogen-bond acceptors (Lipinski definition) is 5. The Labute approximate surface area is 186 Å². The fourth-order valence-corrected chi connectivity index (χ4v) is 4.42. The van der Waals surface area contributed by atoms with Crippen molar-refractivity contribution in [1.29, 1.82) is 0 Å². The number of hydrogen-bond donors (Lipinski definition) is 2. The molecule has 0 amide bonds. The van der Waals surface area contributed by atoms with Crippen LogP contribution in [0, 0.1) is 5.82 Å². The quantitative estimate of drug-likeness (QED) is 0.418. The van der Waals surface area contributed by atoms with E-state index < -0.39 is 23.3 Å². The number of nitrogens with zero attached hydrogens (tertiary/aromatic N) is 2. The van der Waals surface area contributed by atoms with Crippen LogP contribution in [0.5, 0.6) is 5.88 Å². The topological polar surface area (TPSA) is 70.1 Å². The van der Waals surface area contributed by atoms with Crippen LogP contribution in [0.4, 0.5) is 28.9 Å². The van der Waals surface area contributed by atoms with Gasteiger partial charge in [0.05, 0.1) is 30.0 Å². The second-order valence-electron chi connectivity index (χ2n) is 8.13. The number of aromatic hydroxyl groups is 1. The zero-order valence-electron chi connectivity index (χ0n) is 17.5. The second kappa shape index (κ2) is 8.03. The molecule has 0 saturated carbocycles. The van der Waals surface area contributed by atoms with Crippen molar-refractivity contribution < 1.29 is 32.1 Å². The molecule has 2 aliphatic heterocycles. The van der Waals surface area contributed by atoms with E-state index >= 15 is 0 Å². The Hall–Kier alpha value is -3.11. The third-order valence-corrected chi connectivity index (χ3v) is 6.09. The first-order chi connectivity index (χ1) is 15.7. The summed E-state index contributed by atoms with van der Waals surface area (Å²) in [4.78, 5) is 8.49. The van der Waals surface area contributed by atoms with Gasteiger partial charge in [0, 0.05) is 48.7 Å². The van der Waals surface area contributed by atoms with Gasteiger partial charge in [-0.1, -0.05) is 0 Å². The molecular formula is C23H21F4N3O3. The van der Waals surface area contributed by atoms with Crippen molar-refractivity contribution in [1.82, 2.24) is 4.98 Å². The van der Waals surface area contributed by atoms with E-state index in [0.717, 1.165) is 6.07 Å². The highest BCUT2D eigenvalue weighted by molar-refractivity contribution is 6.02. The summed E-state index contributed by atoms with van der Waals surface area (Å²) in [6.45, 7) is 1.75. The van der Waals surface area contributed by atoms with Crippen molar-refractivity contribution in [2.24, 2.45) is 4.99 Å². The van der Waals surface area contributed by atoms with E-state index in [1.54, 1.807) is 4.90 Å². The van der Waals surface area contributed by atoms with Crippen LogP contribution in [-0.4, -0.2) is 48.4 Å². The highest BCUT2D eigenvalue weighted by Crippen LogP contribution is 2.41. The molecule has 1 spiro atoms. The van der Waals surface area contributed by atoms with E-state index in [2.05, 4.69) is 9.98 Å². The van der Waals surface area contributed by atoms with Gasteiger partial charge in [0.25, 0.3) is 0 Å². The third-order valence-electron chi connectivity index (χ3n) is 6.09. The highest BCUT2D eigenvalue weighted by atomic mass is 19.4. The first-order valence-electron chi connectivity index (χ1n) is 10.5. The van der Waals surface area contributed by atoms with Gasteiger partial charge in [0.1, 0.15) is 5.82 Å². The van der Waals surface area contributed by atoms with Gasteiger partial charge in [-0.25, -0.2) is 4.39 Å². The maximum atomic E-state index is 13.9. The van der Waals surface area contributed by atoms with Gasteiger partial charge < -0.3 is 24.5 Å². The Kier molecular flexibility index (Phi) is 5.29. The SMILES string of the molecule is Oc1[nH]c2ccc(F)cc2c1C=Nc1ccc(N2CCC3(CC2)OCCO3)c(C(F)(F)F)c1. The van der Waals surface area contributed by atoms with Crippen molar-refractivity contribution >= 4 is 28.5 Å². The Bertz CT molecular complexity index is 1210. The van der Waals surface area contributed by atoms with Crippen LogP contribution in [-0.2, 0) is 15.7 Å². The predicted molar refractivity (Wildman–Crippen MR) is 115 cm³/mol. The Morgan fingerprint density at radius 2 is 1.79 bits per heavy atom. The lowest BCUT2D eigenvalue weighted by molar-refractivity contribution is -0.169. The minimum absolute atomic E-state index is 0.0622. The van der Waals surface area contributed by atoms with E-state index in [-0.39, 0.29) is 22.8 Å². The Balaban J connectivity index is 1.43. The van der Waals surface area contributed by atoms with Crippen LogP contribution < -0.4 is 4.90 Å². The molecule has 1 aromatic heterocycles. The Morgan fingerprint density at radius 3 is 2.48 bits per heavy atom. The van der Waals surface area contributed by atoms with E-state index in [1.165, 1.54) is 36.5 Å². The smallest absolute Gasteiger partial charge is 0.418 e. The third kappa shape index (κ3) is 4.16. The van der Waals surface area contributed by atoms with E-state index in [0.29, 0.717) is 50.0 Å². The minimum Gasteiger partial charge on any atom is -0.494 e. The zero-order chi connectivity index (χ0) is 23.2. The molecule has 0 unspecified atom stereocenters. The lowest BCUT2D eigenvalue weighted by Crippen LogP contribution is -2.45. The number of halogens is 4. The van der Waals surface area contributed by atoms with Crippen LogP contribution in [0.2, 0.25) is 0 Å². The van der Waals surface area contributed by atoms with Crippen molar-refractivity contribution in [2.45, 2.75) is 24.8 Å². The fraction of sp³-hybridized carbons (Fsp3) is 0.348. The van der Waals surface area contributed by atoms with Gasteiger partial charge in [-0.3, -0.25) is 4.99 Å². The summed E-state index contributed by atoms with van der Waals surface area (Å²) < 4.78 is 66.6. The Morgan fingerprint density at radius 1 is 1.06 bits per heavy atom. The molecule has 174 valence electrons. The number of anilines is 1. The van der Waals surface area contributed by atoms with Gasteiger partial charge >= 0.3 is 6.18 Å². The molecule has 6 nitrogen and oxygen atoms in total. The van der Waals surface area contributed by atoms with Crippen LogP contribution in [0.3, 0.4) is 0 Å². The van der Waals surface area contributed by atoms with Gasteiger partial charge in [-0.15, -0.1) is 0 Å². The number of benzene rings is 2. The maximum absolute atomic E-state index is 13.9. The normalized spacial score (nSPS) is 18.7. The van der Waals surface area contributed by atoms with E-state index in [1.807, 2.05) is 0 Å². The van der Waals surface area contributed by atoms with Gasteiger partial charge in [-0.05, 0) is 36.4 Å². The highest BCUT2D eigenvalue weighted by Gasteiger charge is 2.42. The summed E-state index contributed by atoms with van der Waals surface area (Å²) in [5.74, 6) is -1.43. The summed E-state index contributed by atoms with van der Waals surface area (Å²) in [5.41, 5.74) is 0.0221. The molecule has 3 aromatic rings. The summed E-state index contributed by atoms with van der Waals surface area (Å²) in [6, 6.07) is 7.78. The number of aromatic nitrogens is 1. The second-order valence-corrected chi connectivity index (χ2v) is 8.13. The zero-order valence-corrected chi connectivity index (χ0v) is 17.5. The molecule has 0 radical (unpaired) electrons. The molecule has 2 N–H and O–H groups in total. The van der Waals surface area contributed by atoms with Crippen molar-refractivity contribution in [3.05, 3.63) is 53.3 Å². The summed E-state index contributed by atoms with van der Waals surface area (Å²) in [5, 5.41) is 10.5. The van der Waals surface area contributed by atoms with Crippen LogP contribution >= 0.6 is 0 Å². The number of fused-ring (bicyclic) bond motifs is 1. The molecule has 3 heterocycles. The monoisotopic (exact) mass is 463 g/mol. The lowest BCUT2D eigenvalue weighted by atomic mass is 10.0. The maximum Gasteiger partial charge on any atom is 0.418 e. The largest absolute Gasteiger partial charge is 0.494 e. The van der Waals surface area contributed by atoms with Gasteiger partial charge in [0.2, 0.25) is 0 Å². The number of ether oxygens (including phenoxy) is 2. The first kappa shape index (κ1) is 21.7. The van der Waals surface area contributed by atoms with Crippen LogP contribution in [0.1, 0.15) is 24.0 Å². The fourth-order valence-electron chi connectivity index (χ4n) is 4.42. The number of nitrogens with one attached hydrogen (secondary N) is 1. The summed E-state index contributed by atoms with van der Waals surface area (Å²) in [6.07, 6.45) is -2.38. The molecule has 33 heavy (non-hydrogen) atoms. The number of H-pyrrole nitrogens is 1. The molecule has 0 atom stereocenters. The van der Waals surface area contributed by atoms with Crippen molar-refractivity contribution in [2.75, 3.05) is 31.2 Å². The molecule has 5 rings (SSSR count). The number of aliphatic imine (C=N–C) groups is 1. The number of rotatable bonds is 3. The summed E-state index contributed by atoms with van der Waals surface area (Å²) >= 11 is 0. The number of piperidine rings is 1. The lowest BCUT2D eigenvalue weighted by Gasteiger charge is -2.39. The van der Waals surface area contributed by atoms with Crippen LogP contribution in [0.15, 0.2) is 41.4 Å². The molecule has 0 aliphatic carbocycles. The van der Waals surface area contributed by atoms with Gasteiger partial charge in [0.15, 0.2) is 11.7 Å². The van der Waals surface area contributed by atoms with Crippen molar-refractivity contribution in [3.63, 3.8) is 0 Å². The van der Waals surface area contributed by atoms with E-state index in [4.69, 9.17) is 9.47 Å². The van der Waals surface area contributed by atoms with Crippen molar-refractivity contribution in [3.8, 4) is 5.88 Å².